The van der Waals surface area contributed by atoms with Gasteiger partial charge in [-0.15, -0.1) is 0 Å². The number of carboxylic acids is 1. The van der Waals surface area contributed by atoms with Gasteiger partial charge in [-0.1, -0.05) is 12.1 Å². The van der Waals surface area contributed by atoms with E-state index in [1.807, 2.05) is 0 Å². The van der Waals surface area contributed by atoms with E-state index in [-0.39, 0.29) is 18.4 Å². The van der Waals surface area contributed by atoms with E-state index in [0.29, 0.717) is 0 Å². The zero-order chi connectivity index (χ0) is 13.6. The Hall–Kier alpha value is -1.56. The number of hydrogen-bond acceptors (Lipinski definition) is 2. The van der Waals surface area contributed by atoms with Gasteiger partial charge in [0, 0.05) is 0 Å². The number of carboxylic acid groups (broad SMARTS) is 1. The summed E-state index contributed by atoms with van der Waals surface area (Å²) in [5.74, 6) is -1.17. The van der Waals surface area contributed by atoms with Crippen molar-refractivity contribution < 1.29 is 28.2 Å². The minimum atomic E-state index is -4.50. The summed E-state index contributed by atoms with van der Waals surface area (Å²) in [5.41, 5.74) is -2.21. The monoisotopic (exact) mass is 260 g/mol. The number of halogens is 3. The molecule has 2 N–H and O–H groups in total. The molecule has 2 rings (SSSR count). The standard InChI is InChI=1S/C12H11F3O3/c13-12(14,15)8-3-1-2-7(6-8)9(16)11(4-5-11)10(17)18/h1-3,6,9,16H,4-5H2,(H,17,18). The Bertz CT molecular complexity index is 478. The third-order valence-electron chi connectivity index (χ3n) is 3.27. The van der Waals surface area contributed by atoms with Gasteiger partial charge in [0.05, 0.1) is 17.1 Å². The molecule has 1 saturated carbocycles. The van der Waals surface area contributed by atoms with Gasteiger partial charge >= 0.3 is 12.1 Å². The highest BCUT2D eigenvalue weighted by molar-refractivity contribution is 5.79. The topological polar surface area (TPSA) is 57.5 Å². The highest BCUT2D eigenvalue weighted by atomic mass is 19.4. The number of aliphatic carboxylic acids is 1. The van der Waals surface area contributed by atoms with Crippen LogP contribution < -0.4 is 0 Å². The molecule has 0 saturated heterocycles. The smallest absolute Gasteiger partial charge is 0.416 e. The van der Waals surface area contributed by atoms with Crippen molar-refractivity contribution in [3.63, 3.8) is 0 Å². The molecule has 1 unspecified atom stereocenters. The molecule has 0 bridgehead atoms. The van der Waals surface area contributed by atoms with Gasteiger partial charge in [0.1, 0.15) is 0 Å². The molecule has 18 heavy (non-hydrogen) atoms. The molecule has 3 nitrogen and oxygen atoms in total. The van der Waals surface area contributed by atoms with Crippen molar-refractivity contribution >= 4 is 5.97 Å². The van der Waals surface area contributed by atoms with Crippen LogP contribution >= 0.6 is 0 Å². The Labute approximate surface area is 101 Å². The molecule has 1 aliphatic carbocycles. The number of rotatable bonds is 3. The maximum absolute atomic E-state index is 12.5. The molecular formula is C12H11F3O3. The number of aliphatic hydroxyl groups is 1. The lowest BCUT2D eigenvalue weighted by Gasteiger charge is -2.19. The first-order valence-corrected chi connectivity index (χ1v) is 5.36. The van der Waals surface area contributed by atoms with Gasteiger partial charge in [0.25, 0.3) is 0 Å². The number of benzene rings is 1. The van der Waals surface area contributed by atoms with Crippen LogP contribution in [0.1, 0.15) is 30.1 Å². The number of aliphatic hydroxyl groups excluding tert-OH is 1. The molecule has 1 aromatic carbocycles. The van der Waals surface area contributed by atoms with Crippen molar-refractivity contribution in [2.24, 2.45) is 5.41 Å². The first-order chi connectivity index (χ1) is 8.27. The average molecular weight is 260 g/mol. The average Bonchev–Trinajstić information content (AvgIpc) is 3.08. The maximum Gasteiger partial charge on any atom is 0.416 e. The maximum atomic E-state index is 12.5. The quantitative estimate of drug-likeness (QED) is 0.878. The molecule has 1 fully saturated rings. The molecule has 1 atom stereocenters. The third kappa shape index (κ3) is 2.08. The Kier molecular flexibility index (Phi) is 2.85. The van der Waals surface area contributed by atoms with E-state index in [0.717, 1.165) is 12.1 Å². The van der Waals surface area contributed by atoms with E-state index in [1.165, 1.54) is 12.1 Å². The molecule has 0 amide bonds. The second-order valence-electron chi connectivity index (χ2n) is 4.49. The number of alkyl halides is 3. The predicted molar refractivity (Wildman–Crippen MR) is 55.7 cm³/mol. The summed E-state index contributed by atoms with van der Waals surface area (Å²) in [7, 11) is 0. The molecule has 0 heterocycles. The summed E-state index contributed by atoms with van der Waals surface area (Å²) in [4.78, 5) is 11.0. The second-order valence-corrected chi connectivity index (χ2v) is 4.49. The Morgan fingerprint density at radius 2 is 1.94 bits per heavy atom. The molecule has 0 aromatic heterocycles. The van der Waals surface area contributed by atoms with Crippen LogP contribution in [0.5, 0.6) is 0 Å². The van der Waals surface area contributed by atoms with Crippen molar-refractivity contribution in [2.45, 2.75) is 25.1 Å². The minimum Gasteiger partial charge on any atom is -0.481 e. The molecule has 0 spiro atoms. The van der Waals surface area contributed by atoms with Gasteiger partial charge in [0.2, 0.25) is 0 Å². The summed E-state index contributed by atoms with van der Waals surface area (Å²) >= 11 is 0. The molecule has 1 aliphatic rings. The minimum absolute atomic E-state index is 0.00951. The van der Waals surface area contributed by atoms with Crippen molar-refractivity contribution in [1.29, 1.82) is 0 Å². The predicted octanol–water partition coefficient (Wildman–Crippen LogP) is 2.60. The lowest BCUT2D eigenvalue weighted by atomic mass is 9.92. The van der Waals surface area contributed by atoms with Gasteiger partial charge in [-0.2, -0.15) is 13.2 Å². The van der Waals surface area contributed by atoms with E-state index >= 15 is 0 Å². The van der Waals surface area contributed by atoms with Crippen molar-refractivity contribution in [2.75, 3.05) is 0 Å². The van der Waals surface area contributed by atoms with Crippen LogP contribution in [0.25, 0.3) is 0 Å². The lowest BCUT2D eigenvalue weighted by Crippen LogP contribution is -2.23. The highest BCUT2D eigenvalue weighted by Gasteiger charge is 2.56. The fraction of sp³-hybridized carbons (Fsp3) is 0.417. The largest absolute Gasteiger partial charge is 0.481 e. The summed E-state index contributed by atoms with van der Waals surface area (Å²) < 4.78 is 37.5. The van der Waals surface area contributed by atoms with E-state index in [1.54, 1.807) is 0 Å². The summed E-state index contributed by atoms with van der Waals surface area (Å²) in [6.45, 7) is 0. The second kappa shape index (κ2) is 3.98. The normalized spacial score (nSPS) is 19.3. The third-order valence-corrected chi connectivity index (χ3v) is 3.27. The Morgan fingerprint density at radius 3 is 2.39 bits per heavy atom. The van der Waals surface area contributed by atoms with Crippen molar-refractivity contribution in [3.05, 3.63) is 35.4 Å². The number of hydrogen-bond donors (Lipinski definition) is 2. The molecular weight excluding hydrogens is 249 g/mol. The fourth-order valence-corrected chi connectivity index (χ4v) is 1.94. The highest BCUT2D eigenvalue weighted by Crippen LogP contribution is 2.55. The van der Waals surface area contributed by atoms with E-state index in [2.05, 4.69) is 0 Å². The molecule has 0 radical (unpaired) electrons. The molecule has 6 heteroatoms. The van der Waals surface area contributed by atoms with E-state index in [4.69, 9.17) is 5.11 Å². The molecule has 0 aliphatic heterocycles. The van der Waals surface area contributed by atoms with Crippen LogP contribution in [0.2, 0.25) is 0 Å². The fourth-order valence-electron chi connectivity index (χ4n) is 1.94. The summed E-state index contributed by atoms with van der Waals surface area (Å²) in [5, 5.41) is 18.9. The summed E-state index contributed by atoms with van der Waals surface area (Å²) in [6, 6.07) is 4.16. The van der Waals surface area contributed by atoms with Gasteiger partial charge in [-0.3, -0.25) is 4.79 Å². The Balaban J connectivity index is 2.32. The van der Waals surface area contributed by atoms with E-state index in [9.17, 15) is 23.1 Å². The van der Waals surface area contributed by atoms with Crippen molar-refractivity contribution in [1.82, 2.24) is 0 Å². The lowest BCUT2D eigenvalue weighted by molar-refractivity contribution is -0.148. The molecule has 98 valence electrons. The van der Waals surface area contributed by atoms with Crippen LogP contribution in [0.4, 0.5) is 13.2 Å². The van der Waals surface area contributed by atoms with Crippen LogP contribution in [0, 0.1) is 5.41 Å². The zero-order valence-electron chi connectivity index (χ0n) is 9.24. The molecule has 1 aromatic rings. The van der Waals surface area contributed by atoms with Gasteiger partial charge < -0.3 is 10.2 Å². The first-order valence-electron chi connectivity index (χ1n) is 5.36. The Morgan fingerprint density at radius 1 is 1.33 bits per heavy atom. The van der Waals surface area contributed by atoms with Gasteiger partial charge in [-0.25, -0.2) is 0 Å². The van der Waals surface area contributed by atoms with Crippen LogP contribution in [-0.2, 0) is 11.0 Å². The SMILES string of the molecule is O=C(O)C1(C(O)c2cccc(C(F)(F)F)c2)CC1. The van der Waals surface area contributed by atoms with Crippen LogP contribution in [0.3, 0.4) is 0 Å². The summed E-state index contributed by atoms with van der Waals surface area (Å²) in [6.07, 6.45) is -5.35. The van der Waals surface area contributed by atoms with Crippen LogP contribution in [0.15, 0.2) is 24.3 Å². The van der Waals surface area contributed by atoms with Gasteiger partial charge in [0.15, 0.2) is 0 Å². The van der Waals surface area contributed by atoms with Crippen LogP contribution in [-0.4, -0.2) is 16.2 Å². The van der Waals surface area contributed by atoms with E-state index < -0.39 is 29.2 Å². The zero-order valence-corrected chi connectivity index (χ0v) is 9.24. The number of carbonyl (C=O) groups is 1. The van der Waals surface area contributed by atoms with Gasteiger partial charge in [-0.05, 0) is 30.5 Å². The first kappa shape index (κ1) is 12.9. The van der Waals surface area contributed by atoms with Crippen molar-refractivity contribution in [3.8, 4) is 0 Å².